The lowest BCUT2D eigenvalue weighted by atomic mass is 10.1. The van der Waals surface area contributed by atoms with Gasteiger partial charge in [-0.3, -0.25) is 0 Å². The number of hydrogen-bond acceptors (Lipinski definition) is 5. The van der Waals surface area contributed by atoms with Crippen LogP contribution in [0, 0.1) is 5.82 Å². The van der Waals surface area contributed by atoms with E-state index in [1.165, 1.54) is 25.3 Å². The van der Waals surface area contributed by atoms with E-state index >= 15 is 0 Å². The average molecular weight is 266 g/mol. The summed E-state index contributed by atoms with van der Waals surface area (Å²) >= 11 is 0. The Bertz CT molecular complexity index is 581. The van der Waals surface area contributed by atoms with E-state index in [1.54, 1.807) is 0 Å². The summed E-state index contributed by atoms with van der Waals surface area (Å²) in [6.07, 6.45) is -0.0950. The monoisotopic (exact) mass is 266 g/mol. The molecule has 0 aliphatic heterocycles. The Morgan fingerprint density at radius 1 is 1.32 bits per heavy atom. The van der Waals surface area contributed by atoms with Crippen molar-refractivity contribution < 1.29 is 18.4 Å². The van der Waals surface area contributed by atoms with Crippen LogP contribution >= 0.6 is 0 Å². The van der Waals surface area contributed by atoms with Gasteiger partial charge in [0.2, 0.25) is 5.88 Å². The molecular weight excluding hydrogens is 251 g/mol. The van der Waals surface area contributed by atoms with E-state index in [0.29, 0.717) is 22.8 Å². The van der Waals surface area contributed by atoms with Crippen molar-refractivity contribution in [3.63, 3.8) is 0 Å². The van der Waals surface area contributed by atoms with E-state index in [9.17, 15) is 4.39 Å². The van der Waals surface area contributed by atoms with Crippen molar-refractivity contribution >= 4 is 5.88 Å². The normalized spacial score (nSPS) is 10.8. The Labute approximate surface area is 110 Å². The van der Waals surface area contributed by atoms with Crippen molar-refractivity contribution in [2.75, 3.05) is 12.8 Å². The number of aromatic nitrogens is 1. The summed E-state index contributed by atoms with van der Waals surface area (Å²) in [6.45, 7) is 3.73. The summed E-state index contributed by atoms with van der Waals surface area (Å²) in [4.78, 5) is 0. The molecule has 0 aliphatic carbocycles. The van der Waals surface area contributed by atoms with Crippen LogP contribution < -0.4 is 15.2 Å². The van der Waals surface area contributed by atoms with Crippen molar-refractivity contribution in [3.8, 4) is 22.8 Å². The average Bonchev–Trinajstić information content (AvgIpc) is 2.77. The molecule has 0 radical (unpaired) electrons. The van der Waals surface area contributed by atoms with Gasteiger partial charge < -0.3 is 19.7 Å². The van der Waals surface area contributed by atoms with Gasteiger partial charge in [-0.1, -0.05) is 5.16 Å². The van der Waals surface area contributed by atoms with Gasteiger partial charge >= 0.3 is 0 Å². The number of nitrogens with two attached hydrogens (primary N) is 1. The first-order valence-corrected chi connectivity index (χ1v) is 5.78. The predicted octanol–water partition coefficient (Wildman–Crippen LogP) is 2.86. The molecule has 2 N–H and O–H groups in total. The number of benzene rings is 1. The van der Waals surface area contributed by atoms with Crippen LogP contribution in [0.5, 0.6) is 11.5 Å². The molecule has 19 heavy (non-hydrogen) atoms. The van der Waals surface area contributed by atoms with Crippen LogP contribution in [-0.4, -0.2) is 18.4 Å². The van der Waals surface area contributed by atoms with E-state index in [-0.39, 0.29) is 12.0 Å². The molecule has 6 heteroatoms. The van der Waals surface area contributed by atoms with Gasteiger partial charge in [-0.2, -0.15) is 0 Å². The Morgan fingerprint density at radius 3 is 2.58 bits per heavy atom. The molecule has 5 nitrogen and oxygen atoms in total. The van der Waals surface area contributed by atoms with Gasteiger partial charge in [-0.05, 0) is 19.9 Å². The topological polar surface area (TPSA) is 70.5 Å². The molecule has 2 rings (SSSR count). The summed E-state index contributed by atoms with van der Waals surface area (Å²) in [5.41, 5.74) is 6.31. The lowest BCUT2D eigenvalue weighted by Gasteiger charge is -2.16. The van der Waals surface area contributed by atoms with E-state index < -0.39 is 5.82 Å². The summed E-state index contributed by atoms with van der Waals surface area (Å²) in [5, 5.41) is 3.77. The second kappa shape index (κ2) is 5.17. The largest absolute Gasteiger partial charge is 0.493 e. The molecule has 0 amide bonds. The quantitative estimate of drug-likeness (QED) is 0.921. The fraction of sp³-hybridized carbons (Fsp3) is 0.308. The van der Waals surface area contributed by atoms with Crippen LogP contribution in [0.25, 0.3) is 11.3 Å². The third kappa shape index (κ3) is 2.78. The van der Waals surface area contributed by atoms with Gasteiger partial charge in [0, 0.05) is 12.1 Å². The second-order valence-corrected chi connectivity index (χ2v) is 4.27. The van der Waals surface area contributed by atoms with Crippen molar-refractivity contribution in [3.05, 3.63) is 24.0 Å². The highest BCUT2D eigenvalue weighted by Gasteiger charge is 2.18. The second-order valence-electron chi connectivity index (χ2n) is 4.27. The van der Waals surface area contributed by atoms with Crippen LogP contribution in [0.4, 0.5) is 10.3 Å². The first-order valence-electron chi connectivity index (χ1n) is 5.78. The first kappa shape index (κ1) is 13.2. The predicted molar refractivity (Wildman–Crippen MR) is 68.6 cm³/mol. The van der Waals surface area contributed by atoms with Crippen molar-refractivity contribution in [2.24, 2.45) is 0 Å². The standard InChI is InChI=1S/C13H15FN2O3/c1-7(2)18-13-9(10-6-12(15)19-16-10)4-8(14)5-11(13)17-3/h4-7H,15H2,1-3H3. The highest BCUT2D eigenvalue weighted by Crippen LogP contribution is 2.39. The molecule has 0 saturated heterocycles. The maximum atomic E-state index is 13.6. The number of nitrogen functional groups attached to an aromatic ring is 1. The third-order valence-electron chi connectivity index (χ3n) is 2.40. The molecule has 1 aromatic heterocycles. The molecule has 0 fully saturated rings. The van der Waals surface area contributed by atoms with Gasteiger partial charge in [0.15, 0.2) is 11.5 Å². The maximum Gasteiger partial charge on any atom is 0.222 e. The van der Waals surface area contributed by atoms with Crippen molar-refractivity contribution in [2.45, 2.75) is 20.0 Å². The minimum atomic E-state index is -0.454. The van der Waals surface area contributed by atoms with Crippen LogP contribution in [-0.2, 0) is 0 Å². The maximum absolute atomic E-state index is 13.6. The minimum Gasteiger partial charge on any atom is -0.493 e. The number of hydrogen-bond donors (Lipinski definition) is 1. The fourth-order valence-electron chi connectivity index (χ4n) is 1.68. The summed E-state index contributed by atoms with van der Waals surface area (Å²) in [5.74, 6) is 0.399. The molecule has 0 saturated carbocycles. The third-order valence-corrected chi connectivity index (χ3v) is 2.40. The zero-order valence-electron chi connectivity index (χ0n) is 10.9. The zero-order valence-corrected chi connectivity index (χ0v) is 10.9. The van der Waals surface area contributed by atoms with Crippen LogP contribution in [0.1, 0.15) is 13.8 Å². The molecule has 0 atom stereocenters. The van der Waals surface area contributed by atoms with Gasteiger partial charge in [0.1, 0.15) is 11.5 Å². The smallest absolute Gasteiger partial charge is 0.222 e. The van der Waals surface area contributed by atoms with Crippen LogP contribution in [0.2, 0.25) is 0 Å². The Morgan fingerprint density at radius 2 is 2.05 bits per heavy atom. The molecule has 102 valence electrons. The molecule has 1 heterocycles. The SMILES string of the molecule is COc1cc(F)cc(-c2cc(N)on2)c1OC(C)C. The van der Waals surface area contributed by atoms with Gasteiger partial charge in [0.05, 0.1) is 18.8 Å². The molecule has 1 aromatic carbocycles. The fourth-order valence-corrected chi connectivity index (χ4v) is 1.68. The summed E-state index contributed by atoms with van der Waals surface area (Å²) in [7, 11) is 1.45. The molecule has 0 unspecified atom stereocenters. The van der Waals surface area contributed by atoms with E-state index in [4.69, 9.17) is 19.7 Å². The molecule has 0 bridgehead atoms. The highest BCUT2D eigenvalue weighted by atomic mass is 19.1. The number of ether oxygens (including phenoxy) is 2. The molecule has 0 spiro atoms. The minimum absolute atomic E-state index is 0.0950. The lowest BCUT2D eigenvalue weighted by Crippen LogP contribution is -2.08. The lowest BCUT2D eigenvalue weighted by molar-refractivity contribution is 0.230. The number of methoxy groups -OCH3 is 1. The van der Waals surface area contributed by atoms with E-state index in [0.717, 1.165) is 0 Å². The van der Waals surface area contributed by atoms with E-state index in [2.05, 4.69) is 5.16 Å². The van der Waals surface area contributed by atoms with Crippen LogP contribution in [0.3, 0.4) is 0 Å². The molecule has 2 aromatic rings. The molecule has 0 aliphatic rings. The van der Waals surface area contributed by atoms with Gasteiger partial charge in [-0.25, -0.2) is 4.39 Å². The Kier molecular flexibility index (Phi) is 3.59. The first-order chi connectivity index (χ1) is 9.01. The number of rotatable bonds is 4. The number of halogens is 1. The van der Waals surface area contributed by atoms with E-state index in [1.807, 2.05) is 13.8 Å². The highest BCUT2D eigenvalue weighted by molar-refractivity contribution is 5.72. The van der Waals surface area contributed by atoms with Gasteiger partial charge in [0.25, 0.3) is 0 Å². The number of anilines is 1. The summed E-state index contributed by atoms with van der Waals surface area (Å²) in [6, 6.07) is 4.06. The number of nitrogens with zero attached hydrogens (tertiary/aromatic N) is 1. The molecular formula is C13H15FN2O3. The Balaban J connectivity index is 2.59. The Hall–Kier alpha value is -2.24. The zero-order chi connectivity index (χ0) is 14.0. The van der Waals surface area contributed by atoms with Crippen molar-refractivity contribution in [1.29, 1.82) is 0 Å². The van der Waals surface area contributed by atoms with Gasteiger partial charge in [-0.15, -0.1) is 0 Å². The summed E-state index contributed by atoms with van der Waals surface area (Å²) < 4.78 is 29.2. The van der Waals surface area contributed by atoms with Crippen LogP contribution in [0.15, 0.2) is 22.7 Å². The van der Waals surface area contributed by atoms with Crippen molar-refractivity contribution in [1.82, 2.24) is 5.16 Å².